The molecule has 1 aromatic carbocycles. The highest BCUT2D eigenvalue weighted by atomic mass is 19.1. The first kappa shape index (κ1) is 14.0. The number of methoxy groups -OCH3 is 1. The van der Waals surface area contributed by atoms with Crippen molar-refractivity contribution in [1.82, 2.24) is 0 Å². The normalized spacial score (nSPS) is 13.5. The van der Waals surface area contributed by atoms with E-state index in [1.807, 2.05) is 0 Å². The van der Waals surface area contributed by atoms with Gasteiger partial charge in [0.15, 0.2) is 0 Å². The lowest BCUT2D eigenvalue weighted by Gasteiger charge is -2.21. The molecule has 0 saturated carbocycles. The van der Waals surface area contributed by atoms with Gasteiger partial charge in [-0.1, -0.05) is 26.8 Å². The number of ether oxygens (including phenoxy) is 1. The van der Waals surface area contributed by atoms with Crippen molar-refractivity contribution in [3.05, 3.63) is 29.6 Å². The molecule has 17 heavy (non-hydrogen) atoms. The molecule has 0 bridgehead atoms. The fourth-order valence-corrected chi connectivity index (χ4v) is 1.68. The molecular weight excluding hydrogens is 217 g/mol. The second-order valence-corrected chi connectivity index (χ2v) is 5.59. The summed E-state index contributed by atoms with van der Waals surface area (Å²) in [6.07, 6.45) is 1.76. The van der Waals surface area contributed by atoms with Gasteiger partial charge in [-0.05, 0) is 24.3 Å². The van der Waals surface area contributed by atoms with Crippen LogP contribution in [0.3, 0.4) is 0 Å². The van der Waals surface area contributed by atoms with Crippen molar-refractivity contribution < 1.29 is 9.13 Å². The van der Waals surface area contributed by atoms with Crippen molar-refractivity contribution in [3.63, 3.8) is 0 Å². The van der Waals surface area contributed by atoms with E-state index in [2.05, 4.69) is 20.8 Å². The second-order valence-electron chi connectivity index (χ2n) is 5.59. The Hall–Kier alpha value is -1.09. The predicted octanol–water partition coefficient (Wildman–Crippen LogP) is 3.66. The summed E-state index contributed by atoms with van der Waals surface area (Å²) in [5.41, 5.74) is 6.80. The molecule has 0 amide bonds. The lowest BCUT2D eigenvalue weighted by molar-refractivity contribution is 0.347. The molecule has 96 valence electrons. The predicted molar refractivity (Wildman–Crippen MR) is 68.6 cm³/mol. The maximum atomic E-state index is 13.7. The van der Waals surface area contributed by atoms with Crippen molar-refractivity contribution in [2.45, 2.75) is 39.7 Å². The molecule has 0 spiro atoms. The Morgan fingerprint density at radius 2 is 2.00 bits per heavy atom. The maximum Gasteiger partial charge on any atom is 0.131 e. The van der Waals surface area contributed by atoms with E-state index in [1.165, 1.54) is 13.2 Å². The van der Waals surface area contributed by atoms with E-state index in [4.69, 9.17) is 10.5 Å². The van der Waals surface area contributed by atoms with Crippen molar-refractivity contribution in [1.29, 1.82) is 0 Å². The van der Waals surface area contributed by atoms with Crippen molar-refractivity contribution >= 4 is 0 Å². The Kier molecular flexibility index (Phi) is 4.52. The van der Waals surface area contributed by atoms with E-state index in [0.29, 0.717) is 11.3 Å². The van der Waals surface area contributed by atoms with Gasteiger partial charge in [-0.2, -0.15) is 0 Å². The standard InChI is InChI=1S/C14H22FNO/c1-14(2,3)8-7-13(16)11-6-5-10(17-4)9-12(11)15/h5-6,9,13H,7-8,16H2,1-4H3. The van der Waals surface area contributed by atoms with E-state index in [-0.39, 0.29) is 17.3 Å². The average molecular weight is 239 g/mol. The lowest BCUT2D eigenvalue weighted by atomic mass is 9.87. The molecule has 0 saturated heterocycles. The van der Waals surface area contributed by atoms with Gasteiger partial charge >= 0.3 is 0 Å². The van der Waals surface area contributed by atoms with Gasteiger partial charge in [0.1, 0.15) is 11.6 Å². The Morgan fingerprint density at radius 3 is 2.47 bits per heavy atom. The van der Waals surface area contributed by atoms with E-state index in [1.54, 1.807) is 12.1 Å². The van der Waals surface area contributed by atoms with Crippen LogP contribution in [0, 0.1) is 11.2 Å². The van der Waals surface area contributed by atoms with Crippen LogP contribution in [0.2, 0.25) is 0 Å². The van der Waals surface area contributed by atoms with Gasteiger partial charge in [-0.3, -0.25) is 0 Å². The van der Waals surface area contributed by atoms with E-state index in [0.717, 1.165) is 12.8 Å². The Balaban J connectivity index is 2.72. The summed E-state index contributed by atoms with van der Waals surface area (Å²) in [5, 5.41) is 0. The molecule has 1 atom stereocenters. The smallest absolute Gasteiger partial charge is 0.131 e. The van der Waals surface area contributed by atoms with Crippen molar-refractivity contribution in [3.8, 4) is 5.75 Å². The number of halogens is 1. The van der Waals surface area contributed by atoms with Crippen LogP contribution in [0.25, 0.3) is 0 Å². The summed E-state index contributed by atoms with van der Waals surface area (Å²) in [6.45, 7) is 6.47. The minimum atomic E-state index is -0.286. The summed E-state index contributed by atoms with van der Waals surface area (Å²) in [4.78, 5) is 0. The van der Waals surface area contributed by atoms with E-state index in [9.17, 15) is 4.39 Å². The minimum Gasteiger partial charge on any atom is -0.497 e. The number of hydrogen-bond acceptors (Lipinski definition) is 2. The molecule has 1 unspecified atom stereocenters. The summed E-state index contributed by atoms with van der Waals surface area (Å²) in [6, 6.07) is 4.59. The highest BCUT2D eigenvalue weighted by Crippen LogP contribution is 2.28. The van der Waals surface area contributed by atoms with Crippen LogP contribution in [0.4, 0.5) is 4.39 Å². The molecule has 0 radical (unpaired) electrons. The first-order valence-electron chi connectivity index (χ1n) is 5.92. The third kappa shape index (κ3) is 4.35. The molecule has 0 aliphatic heterocycles. The number of hydrogen-bond donors (Lipinski definition) is 1. The minimum absolute atomic E-state index is 0.223. The Morgan fingerprint density at radius 1 is 1.35 bits per heavy atom. The average Bonchev–Trinajstić information content (AvgIpc) is 2.24. The zero-order chi connectivity index (χ0) is 13.1. The SMILES string of the molecule is COc1ccc(C(N)CCC(C)(C)C)c(F)c1. The van der Waals surface area contributed by atoms with Crippen LogP contribution < -0.4 is 10.5 Å². The molecule has 2 nitrogen and oxygen atoms in total. The first-order valence-corrected chi connectivity index (χ1v) is 5.92. The highest BCUT2D eigenvalue weighted by molar-refractivity contribution is 5.30. The number of benzene rings is 1. The molecule has 3 heteroatoms. The first-order chi connectivity index (χ1) is 7.83. The molecule has 0 fully saturated rings. The van der Waals surface area contributed by atoms with Gasteiger partial charge in [0.2, 0.25) is 0 Å². The summed E-state index contributed by atoms with van der Waals surface area (Å²) in [7, 11) is 1.52. The Labute approximate surface area is 103 Å². The van der Waals surface area contributed by atoms with E-state index >= 15 is 0 Å². The Bertz CT molecular complexity index is 371. The van der Waals surface area contributed by atoms with Gasteiger partial charge in [-0.15, -0.1) is 0 Å². The van der Waals surface area contributed by atoms with Gasteiger partial charge in [-0.25, -0.2) is 4.39 Å². The van der Waals surface area contributed by atoms with Gasteiger partial charge in [0, 0.05) is 17.7 Å². The topological polar surface area (TPSA) is 35.2 Å². The molecule has 0 aromatic heterocycles. The fraction of sp³-hybridized carbons (Fsp3) is 0.571. The zero-order valence-corrected chi connectivity index (χ0v) is 11.1. The zero-order valence-electron chi connectivity index (χ0n) is 11.1. The third-order valence-corrected chi connectivity index (χ3v) is 2.81. The highest BCUT2D eigenvalue weighted by Gasteiger charge is 2.16. The molecular formula is C14H22FNO. The largest absolute Gasteiger partial charge is 0.497 e. The molecule has 2 N–H and O–H groups in total. The molecule has 1 rings (SSSR count). The quantitative estimate of drug-likeness (QED) is 0.870. The van der Waals surface area contributed by atoms with Crippen LogP contribution in [0.1, 0.15) is 45.2 Å². The number of nitrogens with two attached hydrogens (primary N) is 1. The van der Waals surface area contributed by atoms with Crippen LogP contribution in [0.5, 0.6) is 5.75 Å². The molecule has 0 aliphatic carbocycles. The molecule has 1 aromatic rings. The molecule has 0 heterocycles. The number of rotatable bonds is 4. The van der Waals surface area contributed by atoms with E-state index < -0.39 is 0 Å². The summed E-state index contributed by atoms with van der Waals surface area (Å²) in [5.74, 6) is 0.236. The van der Waals surface area contributed by atoms with Gasteiger partial charge < -0.3 is 10.5 Å². The van der Waals surface area contributed by atoms with Crippen LogP contribution in [0.15, 0.2) is 18.2 Å². The van der Waals surface area contributed by atoms with Gasteiger partial charge in [0.25, 0.3) is 0 Å². The summed E-state index contributed by atoms with van der Waals surface area (Å²) >= 11 is 0. The maximum absolute atomic E-state index is 13.7. The third-order valence-electron chi connectivity index (χ3n) is 2.81. The lowest BCUT2D eigenvalue weighted by Crippen LogP contribution is -2.16. The fourth-order valence-electron chi connectivity index (χ4n) is 1.68. The van der Waals surface area contributed by atoms with Crippen LogP contribution in [-0.4, -0.2) is 7.11 Å². The van der Waals surface area contributed by atoms with Crippen molar-refractivity contribution in [2.24, 2.45) is 11.1 Å². The molecule has 0 aliphatic rings. The van der Waals surface area contributed by atoms with Gasteiger partial charge in [0.05, 0.1) is 7.11 Å². The van der Waals surface area contributed by atoms with Crippen LogP contribution in [-0.2, 0) is 0 Å². The van der Waals surface area contributed by atoms with Crippen LogP contribution >= 0.6 is 0 Å². The van der Waals surface area contributed by atoms with Crippen molar-refractivity contribution in [2.75, 3.05) is 7.11 Å². The summed E-state index contributed by atoms with van der Waals surface area (Å²) < 4.78 is 18.7. The second kappa shape index (κ2) is 5.50. The monoisotopic (exact) mass is 239 g/mol.